The minimum absolute atomic E-state index is 0.144. The predicted octanol–water partition coefficient (Wildman–Crippen LogP) is 3.76. The summed E-state index contributed by atoms with van der Waals surface area (Å²) in [5.41, 5.74) is 1.59. The molecule has 0 saturated heterocycles. The molecule has 0 bridgehead atoms. The van der Waals surface area contributed by atoms with Gasteiger partial charge in [0.05, 0.1) is 24.1 Å². The van der Waals surface area contributed by atoms with Crippen LogP contribution < -0.4 is 10.2 Å². The number of fused-ring (bicyclic) bond motifs is 2. The monoisotopic (exact) mass is 349 g/mol. The summed E-state index contributed by atoms with van der Waals surface area (Å²) in [4.78, 5) is 27.8. The largest absolute Gasteiger partial charge is 0.497 e. The number of methoxy groups -OCH3 is 1. The Labute approximate surface area is 150 Å². The molecule has 1 amide bonds. The zero-order valence-corrected chi connectivity index (χ0v) is 14.7. The predicted molar refractivity (Wildman–Crippen MR) is 98.6 cm³/mol. The molecule has 0 N–H and O–H groups in total. The van der Waals surface area contributed by atoms with E-state index in [2.05, 4.69) is 0 Å². The number of hydrogen-bond acceptors (Lipinski definition) is 4. The van der Waals surface area contributed by atoms with Gasteiger partial charge in [-0.05, 0) is 36.2 Å². The molecule has 4 rings (SSSR count). The Bertz CT molecular complexity index is 1040. The average Bonchev–Trinajstić information content (AvgIpc) is 2.95. The lowest BCUT2D eigenvalue weighted by Crippen LogP contribution is -2.30. The molecule has 1 unspecified atom stereocenters. The third-order valence-corrected chi connectivity index (χ3v) is 4.77. The van der Waals surface area contributed by atoms with Crippen LogP contribution in [0.3, 0.4) is 0 Å². The molecule has 132 valence electrons. The van der Waals surface area contributed by atoms with Gasteiger partial charge in [0.15, 0.2) is 5.43 Å². The van der Waals surface area contributed by atoms with E-state index in [0.717, 1.165) is 17.7 Å². The van der Waals surface area contributed by atoms with Crippen LogP contribution in [0.4, 0.5) is 0 Å². The number of carbonyl (C=O) groups excluding carboxylic acids is 1. The molecule has 1 aromatic heterocycles. The topological polar surface area (TPSA) is 59.8 Å². The summed E-state index contributed by atoms with van der Waals surface area (Å²) in [6.45, 7) is 2.56. The number of hydrogen-bond donors (Lipinski definition) is 0. The van der Waals surface area contributed by atoms with Crippen molar-refractivity contribution in [3.63, 3.8) is 0 Å². The van der Waals surface area contributed by atoms with E-state index in [1.165, 1.54) is 0 Å². The molecule has 5 heteroatoms. The summed E-state index contributed by atoms with van der Waals surface area (Å²) in [5.74, 6) is 0.652. The van der Waals surface area contributed by atoms with Gasteiger partial charge in [0.2, 0.25) is 5.76 Å². The van der Waals surface area contributed by atoms with Crippen LogP contribution in [0.5, 0.6) is 5.75 Å². The van der Waals surface area contributed by atoms with Gasteiger partial charge in [-0.3, -0.25) is 9.59 Å². The summed E-state index contributed by atoms with van der Waals surface area (Å²) < 4.78 is 11.1. The highest BCUT2D eigenvalue weighted by Gasteiger charge is 2.42. The first-order valence-corrected chi connectivity index (χ1v) is 8.66. The van der Waals surface area contributed by atoms with E-state index in [1.807, 2.05) is 31.2 Å². The first-order valence-electron chi connectivity index (χ1n) is 8.66. The number of para-hydroxylation sites is 1. The number of amides is 1. The van der Waals surface area contributed by atoms with Crippen molar-refractivity contribution in [1.82, 2.24) is 4.90 Å². The molecule has 1 aliphatic heterocycles. The highest BCUT2D eigenvalue weighted by atomic mass is 16.5. The highest BCUT2D eigenvalue weighted by Crippen LogP contribution is 2.38. The molecule has 2 aromatic carbocycles. The lowest BCUT2D eigenvalue weighted by atomic mass is 9.98. The zero-order chi connectivity index (χ0) is 18.3. The van der Waals surface area contributed by atoms with E-state index >= 15 is 0 Å². The Morgan fingerprint density at radius 3 is 2.50 bits per heavy atom. The first-order chi connectivity index (χ1) is 12.7. The van der Waals surface area contributed by atoms with E-state index < -0.39 is 6.04 Å². The third-order valence-electron chi connectivity index (χ3n) is 4.77. The SMILES string of the molecule is CCCN1C(=O)c2oc3ccccc3c(=O)c2C1c1ccc(OC)cc1. The maximum absolute atomic E-state index is 13.2. The highest BCUT2D eigenvalue weighted by molar-refractivity contribution is 5.99. The van der Waals surface area contributed by atoms with Gasteiger partial charge in [-0.25, -0.2) is 0 Å². The summed E-state index contributed by atoms with van der Waals surface area (Å²) in [6, 6.07) is 14.1. The van der Waals surface area contributed by atoms with E-state index in [4.69, 9.17) is 9.15 Å². The summed E-state index contributed by atoms with van der Waals surface area (Å²) in [5, 5.41) is 0.496. The van der Waals surface area contributed by atoms with Crippen molar-refractivity contribution in [3.8, 4) is 5.75 Å². The normalized spacial score (nSPS) is 16.2. The van der Waals surface area contributed by atoms with Crippen LogP contribution in [0.1, 0.15) is 41.1 Å². The maximum atomic E-state index is 13.2. The van der Waals surface area contributed by atoms with Crippen LogP contribution in [-0.4, -0.2) is 24.5 Å². The fourth-order valence-corrected chi connectivity index (χ4v) is 3.57. The molecule has 2 heterocycles. The lowest BCUT2D eigenvalue weighted by molar-refractivity contribution is 0.0728. The number of benzene rings is 2. The van der Waals surface area contributed by atoms with Crippen molar-refractivity contribution < 1.29 is 13.9 Å². The third kappa shape index (κ3) is 2.39. The molecule has 0 fully saturated rings. The number of rotatable bonds is 4. The molecule has 5 nitrogen and oxygen atoms in total. The maximum Gasteiger partial charge on any atom is 0.290 e. The molecule has 0 aliphatic carbocycles. The smallest absolute Gasteiger partial charge is 0.290 e. The molecule has 0 radical (unpaired) electrons. The van der Waals surface area contributed by atoms with E-state index in [1.54, 1.807) is 36.3 Å². The van der Waals surface area contributed by atoms with Gasteiger partial charge in [-0.1, -0.05) is 31.2 Å². The number of ether oxygens (including phenoxy) is 1. The van der Waals surface area contributed by atoms with Crippen LogP contribution in [0, 0.1) is 0 Å². The molecular formula is C21H19NO4. The second-order valence-electron chi connectivity index (χ2n) is 6.34. The molecule has 0 saturated carbocycles. The molecule has 0 spiro atoms. The second kappa shape index (κ2) is 6.33. The van der Waals surface area contributed by atoms with Crippen LogP contribution in [-0.2, 0) is 0 Å². The fraction of sp³-hybridized carbons (Fsp3) is 0.238. The van der Waals surface area contributed by atoms with Crippen LogP contribution in [0.25, 0.3) is 11.0 Å². The fourth-order valence-electron chi connectivity index (χ4n) is 3.57. The average molecular weight is 349 g/mol. The summed E-state index contributed by atoms with van der Waals surface area (Å²) in [7, 11) is 1.60. The van der Waals surface area contributed by atoms with Gasteiger partial charge in [0, 0.05) is 6.54 Å². The molecule has 1 atom stereocenters. The molecule has 3 aromatic rings. The van der Waals surface area contributed by atoms with Gasteiger partial charge in [0.25, 0.3) is 5.91 Å². The van der Waals surface area contributed by atoms with Gasteiger partial charge < -0.3 is 14.1 Å². The quantitative estimate of drug-likeness (QED) is 0.720. The van der Waals surface area contributed by atoms with Crippen LogP contribution >= 0.6 is 0 Å². The van der Waals surface area contributed by atoms with Crippen molar-refractivity contribution in [2.24, 2.45) is 0 Å². The lowest BCUT2D eigenvalue weighted by Gasteiger charge is -2.24. The Morgan fingerprint density at radius 1 is 1.08 bits per heavy atom. The van der Waals surface area contributed by atoms with Crippen molar-refractivity contribution in [1.29, 1.82) is 0 Å². The Hall–Kier alpha value is -3.08. The van der Waals surface area contributed by atoms with Gasteiger partial charge in [-0.15, -0.1) is 0 Å². The molecule has 26 heavy (non-hydrogen) atoms. The van der Waals surface area contributed by atoms with Crippen molar-refractivity contribution in [2.75, 3.05) is 13.7 Å². The number of carbonyl (C=O) groups is 1. The van der Waals surface area contributed by atoms with Gasteiger partial charge in [0.1, 0.15) is 11.3 Å². The summed E-state index contributed by atoms with van der Waals surface area (Å²) in [6.07, 6.45) is 0.792. The van der Waals surface area contributed by atoms with Gasteiger partial charge in [-0.2, -0.15) is 0 Å². The summed E-state index contributed by atoms with van der Waals surface area (Å²) >= 11 is 0. The van der Waals surface area contributed by atoms with Gasteiger partial charge >= 0.3 is 0 Å². The Kier molecular flexibility index (Phi) is 3.99. The number of nitrogens with zero attached hydrogens (tertiary/aromatic N) is 1. The minimum Gasteiger partial charge on any atom is -0.497 e. The van der Waals surface area contributed by atoms with E-state index in [9.17, 15) is 9.59 Å². The van der Waals surface area contributed by atoms with E-state index in [-0.39, 0.29) is 17.1 Å². The zero-order valence-electron chi connectivity index (χ0n) is 14.7. The minimum atomic E-state index is -0.441. The standard InChI is InChI=1S/C21H19NO4/c1-3-12-22-18(13-8-10-14(25-2)11-9-13)17-19(23)15-6-4-5-7-16(15)26-20(17)21(22)24/h4-11,18H,3,12H2,1-2H3. The van der Waals surface area contributed by atoms with Crippen molar-refractivity contribution in [2.45, 2.75) is 19.4 Å². The Balaban J connectivity index is 1.96. The van der Waals surface area contributed by atoms with E-state index in [0.29, 0.717) is 23.1 Å². The van der Waals surface area contributed by atoms with Crippen LogP contribution in [0.15, 0.2) is 57.7 Å². The van der Waals surface area contributed by atoms with Crippen molar-refractivity contribution >= 4 is 16.9 Å². The van der Waals surface area contributed by atoms with Crippen molar-refractivity contribution in [3.05, 3.63) is 75.6 Å². The second-order valence-corrected chi connectivity index (χ2v) is 6.34. The molecule has 1 aliphatic rings. The Morgan fingerprint density at radius 2 is 1.81 bits per heavy atom. The molecular weight excluding hydrogens is 330 g/mol. The first kappa shape index (κ1) is 16.4. The van der Waals surface area contributed by atoms with Crippen LogP contribution in [0.2, 0.25) is 0 Å².